The van der Waals surface area contributed by atoms with Crippen LogP contribution in [-0.4, -0.2) is 29.0 Å². The lowest BCUT2D eigenvalue weighted by Gasteiger charge is -2.25. The van der Waals surface area contributed by atoms with Gasteiger partial charge in [-0.05, 0) is 6.42 Å². The second-order valence-corrected chi connectivity index (χ2v) is 3.17. The molecule has 0 amide bonds. The van der Waals surface area contributed by atoms with E-state index in [4.69, 9.17) is 10.2 Å². The fourth-order valence-corrected chi connectivity index (χ4v) is 0.715. The molecule has 0 fully saturated rings. The van der Waals surface area contributed by atoms with E-state index in [1.165, 1.54) is 13.8 Å². The standard InChI is InChI=1S/C7H13FO3/c1-7(2,3-4-8)5(9)6(10)11/h5,9H,3-4H2,1-2H3,(H,10,11). The highest BCUT2D eigenvalue weighted by Crippen LogP contribution is 2.25. The van der Waals surface area contributed by atoms with Gasteiger partial charge in [-0.15, -0.1) is 0 Å². The number of halogens is 1. The van der Waals surface area contributed by atoms with Crippen LogP contribution in [0.5, 0.6) is 0 Å². The van der Waals surface area contributed by atoms with Crippen molar-refractivity contribution in [2.45, 2.75) is 26.4 Å². The Labute approximate surface area is 64.8 Å². The molecule has 0 saturated carbocycles. The number of carbonyl (C=O) groups is 1. The molecule has 4 heteroatoms. The maximum Gasteiger partial charge on any atom is 0.333 e. The van der Waals surface area contributed by atoms with E-state index in [-0.39, 0.29) is 6.42 Å². The third kappa shape index (κ3) is 2.84. The van der Waals surface area contributed by atoms with E-state index in [9.17, 15) is 9.18 Å². The van der Waals surface area contributed by atoms with Gasteiger partial charge in [0.25, 0.3) is 0 Å². The first kappa shape index (κ1) is 10.4. The van der Waals surface area contributed by atoms with Crippen LogP contribution in [-0.2, 0) is 4.79 Å². The monoisotopic (exact) mass is 164 g/mol. The first-order chi connectivity index (χ1) is 4.91. The third-order valence-electron chi connectivity index (χ3n) is 1.71. The maximum absolute atomic E-state index is 11.8. The predicted molar refractivity (Wildman–Crippen MR) is 38.0 cm³/mol. The molecule has 0 bridgehead atoms. The van der Waals surface area contributed by atoms with Crippen LogP contribution in [0.15, 0.2) is 0 Å². The van der Waals surface area contributed by atoms with E-state index >= 15 is 0 Å². The van der Waals surface area contributed by atoms with Gasteiger partial charge in [-0.1, -0.05) is 13.8 Å². The molecule has 66 valence electrons. The lowest BCUT2D eigenvalue weighted by molar-refractivity contribution is -0.153. The molecular formula is C7H13FO3. The smallest absolute Gasteiger partial charge is 0.333 e. The van der Waals surface area contributed by atoms with Gasteiger partial charge in [-0.2, -0.15) is 0 Å². The molecule has 2 N–H and O–H groups in total. The third-order valence-corrected chi connectivity index (χ3v) is 1.71. The Morgan fingerprint density at radius 1 is 1.64 bits per heavy atom. The molecule has 0 heterocycles. The van der Waals surface area contributed by atoms with Crippen LogP contribution < -0.4 is 0 Å². The summed E-state index contributed by atoms with van der Waals surface area (Å²) in [4.78, 5) is 10.2. The van der Waals surface area contributed by atoms with Gasteiger partial charge in [0, 0.05) is 5.41 Å². The summed E-state index contributed by atoms with van der Waals surface area (Å²) in [6.45, 7) is 2.42. The summed E-state index contributed by atoms with van der Waals surface area (Å²) in [5.41, 5.74) is -0.888. The first-order valence-electron chi connectivity index (χ1n) is 3.38. The normalized spacial score (nSPS) is 14.5. The molecule has 0 aromatic rings. The highest BCUT2D eigenvalue weighted by Gasteiger charge is 2.32. The zero-order chi connectivity index (χ0) is 9.07. The van der Waals surface area contributed by atoms with Gasteiger partial charge in [-0.25, -0.2) is 4.79 Å². The summed E-state index contributed by atoms with van der Waals surface area (Å²) >= 11 is 0. The molecule has 0 aromatic heterocycles. The summed E-state index contributed by atoms with van der Waals surface area (Å²) in [6.07, 6.45) is -1.43. The van der Waals surface area contributed by atoms with Crippen molar-refractivity contribution in [3.63, 3.8) is 0 Å². The number of rotatable bonds is 4. The van der Waals surface area contributed by atoms with E-state index in [0.29, 0.717) is 0 Å². The fraction of sp³-hybridized carbons (Fsp3) is 0.857. The molecule has 0 aromatic carbocycles. The molecule has 0 saturated heterocycles. The van der Waals surface area contributed by atoms with Gasteiger partial charge in [0.1, 0.15) is 0 Å². The maximum atomic E-state index is 11.8. The Bertz CT molecular complexity index is 145. The highest BCUT2D eigenvalue weighted by atomic mass is 19.1. The number of aliphatic hydroxyl groups is 1. The summed E-state index contributed by atoms with van der Waals surface area (Å²) in [5.74, 6) is -1.30. The van der Waals surface area contributed by atoms with Crippen molar-refractivity contribution < 1.29 is 19.4 Å². The molecule has 0 aliphatic heterocycles. The highest BCUT2D eigenvalue weighted by molar-refractivity contribution is 5.72. The fourth-order valence-electron chi connectivity index (χ4n) is 0.715. The number of carboxylic acids is 1. The van der Waals surface area contributed by atoms with Crippen LogP contribution in [0.4, 0.5) is 4.39 Å². The predicted octanol–water partition coefficient (Wildman–Crippen LogP) is 0.818. The number of hydrogen-bond acceptors (Lipinski definition) is 2. The largest absolute Gasteiger partial charge is 0.479 e. The molecule has 0 rings (SSSR count). The number of carboxylic acid groups (broad SMARTS) is 1. The van der Waals surface area contributed by atoms with Crippen molar-refractivity contribution in [2.75, 3.05) is 6.67 Å². The van der Waals surface area contributed by atoms with E-state index in [1.807, 2.05) is 0 Å². The first-order valence-corrected chi connectivity index (χ1v) is 3.38. The lowest BCUT2D eigenvalue weighted by atomic mass is 9.84. The van der Waals surface area contributed by atoms with Gasteiger partial charge < -0.3 is 10.2 Å². The second-order valence-electron chi connectivity index (χ2n) is 3.17. The molecule has 1 atom stereocenters. The van der Waals surface area contributed by atoms with Crippen molar-refractivity contribution in [2.24, 2.45) is 5.41 Å². The zero-order valence-electron chi connectivity index (χ0n) is 6.67. The Morgan fingerprint density at radius 3 is 2.36 bits per heavy atom. The topological polar surface area (TPSA) is 57.5 Å². The van der Waals surface area contributed by atoms with Crippen molar-refractivity contribution in [3.8, 4) is 0 Å². The number of alkyl halides is 1. The average Bonchev–Trinajstić information content (AvgIpc) is 1.86. The molecule has 0 spiro atoms. The molecule has 0 aliphatic carbocycles. The van der Waals surface area contributed by atoms with Crippen LogP contribution in [0.3, 0.4) is 0 Å². The molecular weight excluding hydrogens is 151 g/mol. The zero-order valence-corrected chi connectivity index (χ0v) is 6.67. The van der Waals surface area contributed by atoms with Gasteiger partial charge in [0.2, 0.25) is 0 Å². The van der Waals surface area contributed by atoms with E-state index in [2.05, 4.69) is 0 Å². The SMILES string of the molecule is CC(C)(CCF)C(O)C(=O)O. The molecule has 0 aliphatic rings. The lowest BCUT2D eigenvalue weighted by Crippen LogP contribution is -2.36. The minimum atomic E-state index is -1.49. The van der Waals surface area contributed by atoms with Crippen LogP contribution >= 0.6 is 0 Å². The second kappa shape index (κ2) is 3.67. The molecule has 1 unspecified atom stereocenters. The van der Waals surface area contributed by atoms with E-state index in [0.717, 1.165) is 0 Å². The summed E-state index contributed by atoms with van der Waals surface area (Å²) in [5, 5.41) is 17.4. The number of aliphatic carboxylic acids is 1. The minimum Gasteiger partial charge on any atom is -0.479 e. The van der Waals surface area contributed by atoms with Crippen LogP contribution in [0.1, 0.15) is 20.3 Å². The van der Waals surface area contributed by atoms with Crippen molar-refractivity contribution in [1.82, 2.24) is 0 Å². The van der Waals surface area contributed by atoms with Crippen LogP contribution in [0, 0.1) is 5.41 Å². The van der Waals surface area contributed by atoms with Crippen molar-refractivity contribution in [1.29, 1.82) is 0 Å². The Morgan fingerprint density at radius 2 is 2.09 bits per heavy atom. The minimum absolute atomic E-state index is 0.0560. The average molecular weight is 164 g/mol. The Balaban J connectivity index is 4.16. The molecule has 11 heavy (non-hydrogen) atoms. The van der Waals surface area contributed by atoms with Gasteiger partial charge in [-0.3, -0.25) is 4.39 Å². The van der Waals surface area contributed by atoms with Gasteiger partial charge in [0.05, 0.1) is 6.67 Å². The van der Waals surface area contributed by atoms with E-state index < -0.39 is 24.2 Å². The number of aliphatic hydroxyl groups excluding tert-OH is 1. The molecule has 3 nitrogen and oxygen atoms in total. The molecule has 0 radical (unpaired) electrons. The van der Waals surface area contributed by atoms with Crippen molar-refractivity contribution >= 4 is 5.97 Å². The Hall–Kier alpha value is -0.640. The van der Waals surface area contributed by atoms with Crippen LogP contribution in [0.2, 0.25) is 0 Å². The summed E-state index contributed by atoms with van der Waals surface area (Å²) in [7, 11) is 0. The number of hydrogen-bond donors (Lipinski definition) is 2. The van der Waals surface area contributed by atoms with E-state index in [1.54, 1.807) is 0 Å². The quantitative estimate of drug-likeness (QED) is 0.646. The van der Waals surface area contributed by atoms with Crippen molar-refractivity contribution in [3.05, 3.63) is 0 Å². The summed E-state index contributed by atoms with van der Waals surface area (Å²) in [6, 6.07) is 0. The van der Waals surface area contributed by atoms with Crippen LogP contribution in [0.25, 0.3) is 0 Å². The summed E-state index contributed by atoms with van der Waals surface area (Å²) < 4.78 is 11.8. The van der Waals surface area contributed by atoms with Gasteiger partial charge >= 0.3 is 5.97 Å². The Kier molecular flexibility index (Phi) is 3.45. The van der Waals surface area contributed by atoms with Gasteiger partial charge in [0.15, 0.2) is 6.10 Å².